The van der Waals surface area contributed by atoms with Crippen molar-refractivity contribution < 1.29 is 13.9 Å². The lowest BCUT2D eigenvalue weighted by Crippen LogP contribution is -2.56. The largest absolute Gasteiger partial charge is 0.382 e. The van der Waals surface area contributed by atoms with Gasteiger partial charge in [-0.1, -0.05) is 11.6 Å². The van der Waals surface area contributed by atoms with E-state index in [0.29, 0.717) is 22.3 Å². The van der Waals surface area contributed by atoms with Crippen molar-refractivity contribution in [3.8, 4) is 0 Å². The number of aromatic nitrogens is 4. The van der Waals surface area contributed by atoms with Gasteiger partial charge < -0.3 is 25.4 Å². The van der Waals surface area contributed by atoms with Gasteiger partial charge in [-0.25, -0.2) is 13.9 Å². The normalized spacial score (nSPS) is 24.0. The molecule has 2 unspecified atom stereocenters. The van der Waals surface area contributed by atoms with Crippen LogP contribution in [0, 0.1) is 5.82 Å². The number of hydrogen-bond acceptors (Lipinski definition) is 9. The van der Waals surface area contributed by atoms with Crippen LogP contribution in [0.1, 0.15) is 11.7 Å². The number of fused-ring (bicyclic) bond motifs is 1. The van der Waals surface area contributed by atoms with Crippen molar-refractivity contribution in [1.82, 2.24) is 24.5 Å². The molecule has 3 aromatic heterocycles. The zero-order valence-electron chi connectivity index (χ0n) is 17.1. The third kappa shape index (κ3) is 3.41. The minimum absolute atomic E-state index is 0.262. The number of nitrogen functional groups attached to an aromatic ring is 1. The number of nitrogens with one attached hydrogen (secondary N) is 1. The Bertz CT molecular complexity index is 1160. The molecule has 0 amide bonds. The highest BCUT2D eigenvalue weighted by molar-refractivity contribution is 6.33. The molecule has 2 atom stereocenters. The molecule has 3 saturated heterocycles. The van der Waals surface area contributed by atoms with Gasteiger partial charge in [0.1, 0.15) is 6.10 Å². The van der Waals surface area contributed by atoms with Gasteiger partial charge in [-0.15, -0.1) is 5.10 Å². The molecular weight excluding hydrogens is 439 g/mol. The van der Waals surface area contributed by atoms with Gasteiger partial charge in [-0.05, 0) is 0 Å². The van der Waals surface area contributed by atoms with Gasteiger partial charge in [0.05, 0.1) is 59.8 Å². The highest BCUT2D eigenvalue weighted by Gasteiger charge is 2.45. The van der Waals surface area contributed by atoms with Gasteiger partial charge in [-0.2, -0.15) is 0 Å². The Morgan fingerprint density at radius 2 is 1.97 bits per heavy atom. The second kappa shape index (κ2) is 7.69. The first-order chi connectivity index (χ1) is 15.6. The summed E-state index contributed by atoms with van der Waals surface area (Å²) in [6.45, 7) is 5.27. The Morgan fingerprint density at radius 1 is 1.16 bits per heavy atom. The monoisotopic (exact) mass is 460 g/mol. The Kier molecular flexibility index (Phi) is 4.79. The summed E-state index contributed by atoms with van der Waals surface area (Å²) in [6.07, 6.45) is 5.08. The van der Waals surface area contributed by atoms with Crippen molar-refractivity contribution in [3.63, 3.8) is 0 Å². The Morgan fingerprint density at radius 3 is 2.72 bits per heavy atom. The van der Waals surface area contributed by atoms with Gasteiger partial charge >= 0.3 is 0 Å². The van der Waals surface area contributed by atoms with Crippen LogP contribution in [0.5, 0.6) is 0 Å². The Balaban J connectivity index is 1.20. The van der Waals surface area contributed by atoms with Crippen molar-refractivity contribution in [2.24, 2.45) is 0 Å². The van der Waals surface area contributed by atoms with E-state index in [9.17, 15) is 4.39 Å². The lowest BCUT2D eigenvalue weighted by atomic mass is 10.1. The summed E-state index contributed by atoms with van der Waals surface area (Å²) < 4.78 is 26.0. The SMILES string of the molecule is Nc1nn2cc(F)cnc2c1C1OC1Nc1cncc(Cl)c1N1CCN(C2COC2)CC1. The van der Waals surface area contributed by atoms with Crippen LogP contribution in [0.2, 0.25) is 5.02 Å². The number of anilines is 3. The molecule has 3 N–H and O–H groups in total. The fourth-order valence-corrected chi connectivity index (χ4v) is 4.69. The molecule has 3 aliphatic rings. The van der Waals surface area contributed by atoms with E-state index >= 15 is 0 Å². The number of nitrogens with two attached hydrogens (primary N) is 1. The minimum Gasteiger partial charge on any atom is -0.382 e. The lowest BCUT2D eigenvalue weighted by Gasteiger charge is -2.43. The van der Waals surface area contributed by atoms with Gasteiger partial charge in [0.2, 0.25) is 0 Å². The van der Waals surface area contributed by atoms with Crippen LogP contribution in [0.4, 0.5) is 21.6 Å². The molecule has 0 aliphatic carbocycles. The first-order valence-corrected chi connectivity index (χ1v) is 10.9. The third-order valence-corrected chi connectivity index (χ3v) is 6.50. The predicted molar refractivity (Wildman–Crippen MR) is 116 cm³/mol. The standard InChI is InChI=1S/C20H22ClFN8O2/c21-13-6-24-7-14(16(13)29-3-1-28(2-4-29)12-9-31-10-12)26-20-17(32-20)15-18(23)27-30-8-11(22)5-25-19(15)30/h5-8,12,17,20,26H,1-4,9-10H2,(H2,23,27). The maximum atomic E-state index is 13.5. The van der Waals surface area contributed by atoms with E-state index in [2.05, 4.69) is 30.2 Å². The van der Waals surface area contributed by atoms with E-state index in [1.54, 1.807) is 12.4 Å². The van der Waals surface area contributed by atoms with Crippen molar-refractivity contribution >= 4 is 34.4 Å². The van der Waals surface area contributed by atoms with E-state index < -0.39 is 5.82 Å². The number of ether oxygens (including phenoxy) is 2. The quantitative estimate of drug-likeness (QED) is 0.548. The second-order valence-corrected chi connectivity index (χ2v) is 8.60. The molecule has 168 valence electrons. The van der Waals surface area contributed by atoms with Crippen molar-refractivity contribution in [3.05, 3.63) is 41.2 Å². The highest BCUT2D eigenvalue weighted by atomic mass is 35.5. The molecule has 0 radical (unpaired) electrons. The van der Waals surface area contributed by atoms with Crippen molar-refractivity contribution in [2.75, 3.05) is 55.3 Å². The van der Waals surface area contributed by atoms with Crippen LogP contribution in [-0.4, -0.2) is 76.1 Å². The van der Waals surface area contributed by atoms with Crippen molar-refractivity contribution in [2.45, 2.75) is 18.4 Å². The molecule has 3 aliphatic heterocycles. The van der Waals surface area contributed by atoms with Gasteiger partial charge in [0.25, 0.3) is 0 Å². The molecule has 10 nitrogen and oxygen atoms in total. The van der Waals surface area contributed by atoms with Gasteiger partial charge in [0.15, 0.2) is 23.5 Å². The van der Waals surface area contributed by atoms with E-state index in [0.717, 1.165) is 57.0 Å². The highest BCUT2D eigenvalue weighted by Crippen LogP contribution is 2.45. The zero-order valence-corrected chi connectivity index (χ0v) is 17.9. The summed E-state index contributed by atoms with van der Waals surface area (Å²) >= 11 is 6.56. The topological polar surface area (TPSA) is 109 Å². The fourth-order valence-electron chi connectivity index (χ4n) is 4.41. The maximum absolute atomic E-state index is 13.5. The molecule has 3 fully saturated rings. The summed E-state index contributed by atoms with van der Waals surface area (Å²) in [5.41, 5.74) is 8.87. The first kappa shape index (κ1) is 19.9. The van der Waals surface area contributed by atoms with Crippen LogP contribution in [-0.2, 0) is 9.47 Å². The van der Waals surface area contributed by atoms with Gasteiger partial charge in [-0.3, -0.25) is 9.88 Å². The smallest absolute Gasteiger partial charge is 0.163 e. The second-order valence-electron chi connectivity index (χ2n) is 8.19. The van der Waals surface area contributed by atoms with Crippen molar-refractivity contribution in [1.29, 1.82) is 0 Å². The molecular formula is C20H22ClFN8O2. The maximum Gasteiger partial charge on any atom is 0.163 e. The molecule has 0 bridgehead atoms. The number of nitrogens with zero attached hydrogens (tertiary/aromatic N) is 6. The summed E-state index contributed by atoms with van der Waals surface area (Å²) in [7, 11) is 0. The van der Waals surface area contributed by atoms with Crippen LogP contribution in [0.3, 0.4) is 0 Å². The van der Waals surface area contributed by atoms with E-state index in [4.69, 9.17) is 26.8 Å². The van der Waals surface area contributed by atoms with E-state index in [1.165, 1.54) is 10.7 Å². The number of pyridine rings is 1. The molecule has 6 rings (SSSR count). The lowest BCUT2D eigenvalue weighted by molar-refractivity contribution is -0.0660. The van der Waals surface area contributed by atoms with Crippen LogP contribution < -0.4 is 16.0 Å². The Labute approximate surface area is 188 Å². The molecule has 12 heteroatoms. The molecule has 0 aromatic carbocycles. The van der Waals surface area contributed by atoms with E-state index in [-0.39, 0.29) is 18.1 Å². The molecule has 32 heavy (non-hydrogen) atoms. The first-order valence-electron chi connectivity index (χ1n) is 10.5. The third-order valence-electron chi connectivity index (χ3n) is 6.22. The number of rotatable bonds is 5. The van der Waals surface area contributed by atoms with Crippen LogP contribution >= 0.6 is 11.6 Å². The average Bonchev–Trinajstić information content (AvgIpc) is 3.40. The van der Waals surface area contributed by atoms with E-state index in [1.807, 2.05) is 0 Å². The number of hydrogen-bond donors (Lipinski definition) is 2. The zero-order chi connectivity index (χ0) is 21.8. The number of halogens is 2. The van der Waals surface area contributed by atoms with Crippen LogP contribution in [0.15, 0.2) is 24.8 Å². The fraction of sp³-hybridized carbons (Fsp3) is 0.450. The number of piperazine rings is 1. The minimum atomic E-state index is -0.488. The molecule has 3 aromatic rings. The predicted octanol–water partition coefficient (Wildman–Crippen LogP) is 1.53. The summed E-state index contributed by atoms with van der Waals surface area (Å²) in [4.78, 5) is 13.1. The summed E-state index contributed by atoms with van der Waals surface area (Å²) in [6, 6.07) is 0.529. The average molecular weight is 461 g/mol. The van der Waals surface area contributed by atoms with Gasteiger partial charge in [0, 0.05) is 32.4 Å². The summed E-state index contributed by atoms with van der Waals surface area (Å²) in [5.74, 6) is -0.226. The molecule has 0 saturated carbocycles. The summed E-state index contributed by atoms with van der Waals surface area (Å²) in [5, 5.41) is 8.11. The molecule has 6 heterocycles. The molecule has 0 spiro atoms. The Hall–Kier alpha value is -2.73. The van der Waals surface area contributed by atoms with Crippen LogP contribution in [0.25, 0.3) is 5.65 Å². The number of epoxide rings is 1.